The van der Waals surface area contributed by atoms with Crippen molar-refractivity contribution in [3.8, 4) is 17.1 Å². The van der Waals surface area contributed by atoms with E-state index in [1.165, 1.54) is 0 Å². The van der Waals surface area contributed by atoms with E-state index >= 15 is 0 Å². The van der Waals surface area contributed by atoms with Crippen LogP contribution in [0.3, 0.4) is 0 Å². The zero-order valence-corrected chi connectivity index (χ0v) is 11.2. The van der Waals surface area contributed by atoms with E-state index < -0.39 is 6.29 Å². The molecule has 0 fully saturated rings. The zero-order chi connectivity index (χ0) is 13.7. The van der Waals surface area contributed by atoms with Crippen molar-refractivity contribution in [1.29, 1.82) is 0 Å². The van der Waals surface area contributed by atoms with Gasteiger partial charge in [-0.15, -0.1) is 0 Å². The lowest BCUT2D eigenvalue weighted by molar-refractivity contribution is -0.108. The SMILES string of the molecule is COc1cccc(-c2nccc(C(OC)OC)n2)c1. The van der Waals surface area contributed by atoms with Gasteiger partial charge in [-0.3, -0.25) is 0 Å². The van der Waals surface area contributed by atoms with Crippen molar-refractivity contribution in [2.24, 2.45) is 0 Å². The molecule has 0 N–H and O–H groups in total. The fourth-order valence-electron chi connectivity index (χ4n) is 1.74. The topological polar surface area (TPSA) is 53.5 Å². The van der Waals surface area contributed by atoms with Gasteiger partial charge in [-0.2, -0.15) is 0 Å². The molecule has 0 saturated carbocycles. The van der Waals surface area contributed by atoms with Crippen LogP contribution in [0.4, 0.5) is 0 Å². The van der Waals surface area contributed by atoms with Crippen molar-refractivity contribution < 1.29 is 14.2 Å². The van der Waals surface area contributed by atoms with Crippen molar-refractivity contribution in [3.63, 3.8) is 0 Å². The van der Waals surface area contributed by atoms with Crippen LogP contribution < -0.4 is 4.74 Å². The number of rotatable bonds is 5. The van der Waals surface area contributed by atoms with Gasteiger partial charge < -0.3 is 14.2 Å². The van der Waals surface area contributed by atoms with Crippen LogP contribution in [0.2, 0.25) is 0 Å². The van der Waals surface area contributed by atoms with Crippen LogP contribution in [0, 0.1) is 0 Å². The second-order valence-corrected chi connectivity index (χ2v) is 3.84. The molecule has 0 unspecified atom stereocenters. The van der Waals surface area contributed by atoms with Crippen molar-refractivity contribution >= 4 is 0 Å². The molecular formula is C14H16N2O3. The molecule has 0 aliphatic heterocycles. The quantitative estimate of drug-likeness (QED) is 0.773. The van der Waals surface area contributed by atoms with E-state index in [-0.39, 0.29) is 0 Å². The highest BCUT2D eigenvalue weighted by Gasteiger charge is 2.12. The Hall–Kier alpha value is -1.98. The standard InChI is InChI=1S/C14H16N2O3/c1-17-11-6-4-5-10(9-11)13-15-8-7-12(16-13)14(18-2)19-3/h4-9,14H,1-3H3. The third kappa shape index (κ3) is 3.07. The molecule has 0 amide bonds. The second-order valence-electron chi connectivity index (χ2n) is 3.84. The molecule has 0 bridgehead atoms. The minimum atomic E-state index is -0.493. The molecule has 0 atom stereocenters. The van der Waals surface area contributed by atoms with E-state index in [2.05, 4.69) is 9.97 Å². The van der Waals surface area contributed by atoms with E-state index in [0.29, 0.717) is 11.5 Å². The first-order valence-corrected chi connectivity index (χ1v) is 5.81. The maximum absolute atomic E-state index is 5.19. The number of aromatic nitrogens is 2. The maximum atomic E-state index is 5.19. The number of benzene rings is 1. The van der Waals surface area contributed by atoms with Crippen LogP contribution in [0.5, 0.6) is 5.75 Å². The van der Waals surface area contributed by atoms with Gasteiger partial charge in [0.2, 0.25) is 6.29 Å². The van der Waals surface area contributed by atoms with Gasteiger partial charge in [0.05, 0.1) is 7.11 Å². The normalized spacial score (nSPS) is 10.7. The summed E-state index contributed by atoms with van der Waals surface area (Å²) in [7, 11) is 4.77. The van der Waals surface area contributed by atoms with Gasteiger partial charge in [0.1, 0.15) is 11.4 Å². The molecule has 0 saturated heterocycles. The van der Waals surface area contributed by atoms with Crippen LogP contribution >= 0.6 is 0 Å². The maximum Gasteiger partial charge on any atom is 0.200 e. The molecule has 2 rings (SSSR count). The predicted octanol–water partition coefficient (Wildman–Crippen LogP) is 2.44. The summed E-state index contributed by atoms with van der Waals surface area (Å²) in [6.45, 7) is 0. The molecule has 0 aliphatic rings. The molecule has 100 valence electrons. The largest absolute Gasteiger partial charge is 0.497 e. The summed E-state index contributed by atoms with van der Waals surface area (Å²) in [5.41, 5.74) is 1.56. The van der Waals surface area contributed by atoms with Crippen molar-refractivity contribution in [3.05, 3.63) is 42.2 Å². The third-order valence-electron chi connectivity index (χ3n) is 2.67. The first-order valence-electron chi connectivity index (χ1n) is 5.81. The molecule has 1 heterocycles. The Bertz CT molecular complexity index is 542. The number of hydrogen-bond donors (Lipinski definition) is 0. The summed E-state index contributed by atoms with van der Waals surface area (Å²) in [4.78, 5) is 8.70. The smallest absolute Gasteiger partial charge is 0.200 e. The Labute approximate surface area is 112 Å². The van der Waals surface area contributed by atoms with Gasteiger partial charge in [-0.1, -0.05) is 12.1 Å². The highest BCUT2D eigenvalue weighted by atomic mass is 16.7. The van der Waals surface area contributed by atoms with Gasteiger partial charge in [0.15, 0.2) is 5.82 Å². The fraction of sp³-hybridized carbons (Fsp3) is 0.286. The molecular weight excluding hydrogens is 244 g/mol. The molecule has 19 heavy (non-hydrogen) atoms. The van der Waals surface area contributed by atoms with E-state index in [9.17, 15) is 0 Å². The Morgan fingerprint density at radius 2 is 1.84 bits per heavy atom. The Balaban J connectivity index is 2.37. The van der Waals surface area contributed by atoms with Crippen LogP contribution in [0.25, 0.3) is 11.4 Å². The number of ether oxygens (including phenoxy) is 3. The van der Waals surface area contributed by atoms with Crippen LogP contribution in [-0.2, 0) is 9.47 Å². The molecule has 0 aliphatic carbocycles. The summed E-state index contributed by atoms with van der Waals surface area (Å²) in [5.74, 6) is 1.37. The molecule has 1 aromatic carbocycles. The lowest BCUT2D eigenvalue weighted by atomic mass is 10.2. The number of hydrogen-bond acceptors (Lipinski definition) is 5. The summed E-state index contributed by atoms with van der Waals surface area (Å²) in [6, 6.07) is 9.35. The summed E-state index contributed by atoms with van der Waals surface area (Å²) < 4.78 is 15.6. The average molecular weight is 260 g/mol. The molecule has 1 aromatic heterocycles. The van der Waals surface area contributed by atoms with Crippen molar-refractivity contribution in [1.82, 2.24) is 9.97 Å². The zero-order valence-electron chi connectivity index (χ0n) is 11.2. The van der Waals surface area contributed by atoms with E-state index in [1.54, 1.807) is 33.6 Å². The Morgan fingerprint density at radius 3 is 2.53 bits per heavy atom. The fourth-order valence-corrected chi connectivity index (χ4v) is 1.74. The molecule has 5 heteroatoms. The highest BCUT2D eigenvalue weighted by Crippen LogP contribution is 2.22. The van der Waals surface area contributed by atoms with E-state index in [1.807, 2.05) is 24.3 Å². The molecule has 0 spiro atoms. The molecule has 2 aromatic rings. The van der Waals surface area contributed by atoms with Crippen LogP contribution in [-0.4, -0.2) is 31.3 Å². The van der Waals surface area contributed by atoms with Crippen LogP contribution in [0.1, 0.15) is 12.0 Å². The highest BCUT2D eigenvalue weighted by molar-refractivity contribution is 5.57. The lowest BCUT2D eigenvalue weighted by Crippen LogP contribution is -2.07. The minimum absolute atomic E-state index is 0.493. The van der Waals surface area contributed by atoms with Gasteiger partial charge in [0, 0.05) is 26.0 Å². The predicted molar refractivity (Wildman–Crippen MR) is 70.8 cm³/mol. The molecule has 0 radical (unpaired) electrons. The summed E-state index contributed by atoms with van der Waals surface area (Å²) >= 11 is 0. The van der Waals surface area contributed by atoms with E-state index in [0.717, 1.165) is 11.3 Å². The van der Waals surface area contributed by atoms with Gasteiger partial charge >= 0.3 is 0 Å². The minimum Gasteiger partial charge on any atom is -0.497 e. The Morgan fingerprint density at radius 1 is 1.05 bits per heavy atom. The van der Waals surface area contributed by atoms with Gasteiger partial charge in [-0.05, 0) is 18.2 Å². The summed E-state index contributed by atoms with van der Waals surface area (Å²) in [5, 5.41) is 0. The average Bonchev–Trinajstić information content (AvgIpc) is 2.49. The monoisotopic (exact) mass is 260 g/mol. The Kier molecular flexibility index (Phi) is 4.43. The second kappa shape index (κ2) is 6.26. The molecule has 5 nitrogen and oxygen atoms in total. The first kappa shape index (κ1) is 13.5. The van der Waals surface area contributed by atoms with Crippen LogP contribution in [0.15, 0.2) is 36.5 Å². The van der Waals surface area contributed by atoms with Crippen molar-refractivity contribution in [2.45, 2.75) is 6.29 Å². The summed E-state index contributed by atoms with van der Waals surface area (Å²) in [6.07, 6.45) is 1.19. The van der Waals surface area contributed by atoms with Gasteiger partial charge in [-0.25, -0.2) is 9.97 Å². The third-order valence-corrected chi connectivity index (χ3v) is 2.67. The van der Waals surface area contributed by atoms with Crippen molar-refractivity contribution in [2.75, 3.05) is 21.3 Å². The number of methoxy groups -OCH3 is 3. The van der Waals surface area contributed by atoms with E-state index in [4.69, 9.17) is 14.2 Å². The lowest BCUT2D eigenvalue weighted by Gasteiger charge is -2.13. The van der Waals surface area contributed by atoms with Gasteiger partial charge in [0.25, 0.3) is 0 Å². The first-order chi connectivity index (χ1) is 9.28. The number of nitrogens with zero attached hydrogens (tertiary/aromatic N) is 2.